The van der Waals surface area contributed by atoms with Crippen molar-refractivity contribution in [1.29, 1.82) is 0 Å². The van der Waals surface area contributed by atoms with Crippen molar-refractivity contribution in [3.8, 4) is 0 Å². The number of carbonyl (C=O) groups excluding carboxylic acids is 2. The van der Waals surface area contributed by atoms with E-state index in [1.54, 1.807) is 0 Å². The molecule has 5 nitrogen and oxygen atoms in total. The van der Waals surface area contributed by atoms with E-state index in [1.807, 2.05) is 0 Å². The Morgan fingerprint density at radius 2 is 1.74 bits per heavy atom. The van der Waals surface area contributed by atoms with Crippen molar-refractivity contribution in [2.45, 2.75) is 25.3 Å². The minimum absolute atomic E-state index is 0.180. The van der Waals surface area contributed by atoms with E-state index in [1.165, 1.54) is 11.3 Å². The lowest BCUT2D eigenvalue weighted by Gasteiger charge is -2.38. The van der Waals surface area contributed by atoms with Crippen LogP contribution < -0.4 is 15.5 Å². The van der Waals surface area contributed by atoms with Crippen molar-refractivity contribution in [1.82, 2.24) is 10.6 Å². The van der Waals surface area contributed by atoms with Crippen LogP contribution in [0.15, 0.2) is 24.3 Å². The maximum atomic E-state index is 11.8. The van der Waals surface area contributed by atoms with E-state index in [4.69, 9.17) is 0 Å². The predicted molar refractivity (Wildman–Crippen MR) is 72.0 cm³/mol. The zero-order valence-corrected chi connectivity index (χ0v) is 10.9. The van der Waals surface area contributed by atoms with Crippen LogP contribution in [0.4, 0.5) is 10.5 Å². The van der Waals surface area contributed by atoms with Crippen molar-refractivity contribution in [3.05, 3.63) is 29.8 Å². The molecule has 19 heavy (non-hydrogen) atoms. The molecular weight excluding hydrogens is 242 g/mol. The fourth-order valence-corrected chi connectivity index (χ4v) is 2.78. The van der Waals surface area contributed by atoms with Gasteiger partial charge in [0.1, 0.15) is 5.54 Å². The molecule has 0 bridgehead atoms. The molecule has 2 aliphatic heterocycles. The van der Waals surface area contributed by atoms with Crippen LogP contribution in [0.1, 0.15) is 18.4 Å². The van der Waals surface area contributed by atoms with Crippen LogP contribution >= 0.6 is 0 Å². The van der Waals surface area contributed by atoms with E-state index in [0.717, 1.165) is 13.1 Å². The maximum absolute atomic E-state index is 11.8. The van der Waals surface area contributed by atoms with Gasteiger partial charge in [-0.05, 0) is 31.9 Å². The van der Waals surface area contributed by atoms with Crippen LogP contribution in [-0.2, 0) is 4.79 Å². The minimum Gasteiger partial charge on any atom is -0.371 e. The number of carbonyl (C=O) groups is 2. The number of rotatable bonds is 1. The Hall–Kier alpha value is -2.04. The summed E-state index contributed by atoms with van der Waals surface area (Å²) in [6.45, 7) is 3.61. The summed E-state index contributed by atoms with van der Waals surface area (Å²) in [5.41, 5.74) is 1.73. The second-order valence-electron chi connectivity index (χ2n) is 5.31. The third-order valence-electron chi connectivity index (χ3n) is 4.03. The predicted octanol–water partition coefficient (Wildman–Crippen LogP) is 1.17. The van der Waals surface area contributed by atoms with E-state index in [9.17, 15) is 9.59 Å². The molecule has 2 saturated heterocycles. The van der Waals surface area contributed by atoms with Crippen LogP contribution in [0.5, 0.6) is 0 Å². The van der Waals surface area contributed by atoms with Gasteiger partial charge in [0, 0.05) is 18.8 Å². The molecule has 3 rings (SSSR count). The second kappa shape index (κ2) is 4.26. The van der Waals surface area contributed by atoms with E-state index in [0.29, 0.717) is 12.8 Å². The largest absolute Gasteiger partial charge is 0.371 e. The normalized spacial score (nSPS) is 21.4. The monoisotopic (exact) mass is 259 g/mol. The molecule has 0 saturated carbocycles. The smallest absolute Gasteiger partial charge is 0.322 e. The zero-order valence-electron chi connectivity index (χ0n) is 10.9. The average molecular weight is 259 g/mol. The number of aryl methyl sites for hydroxylation is 1. The number of benzene rings is 1. The fourth-order valence-electron chi connectivity index (χ4n) is 2.78. The first-order valence-electron chi connectivity index (χ1n) is 6.54. The number of hydrogen-bond acceptors (Lipinski definition) is 3. The molecule has 2 fully saturated rings. The van der Waals surface area contributed by atoms with Crippen LogP contribution in [0.3, 0.4) is 0 Å². The molecule has 2 heterocycles. The molecule has 1 aromatic rings. The first kappa shape index (κ1) is 12.0. The van der Waals surface area contributed by atoms with Gasteiger partial charge in [-0.25, -0.2) is 4.79 Å². The summed E-state index contributed by atoms with van der Waals surface area (Å²) in [6, 6.07) is 8.00. The van der Waals surface area contributed by atoms with Crippen molar-refractivity contribution in [3.63, 3.8) is 0 Å². The quantitative estimate of drug-likeness (QED) is 0.744. The lowest BCUT2D eigenvalue weighted by atomic mass is 9.87. The summed E-state index contributed by atoms with van der Waals surface area (Å²) in [5, 5.41) is 5.11. The molecule has 2 aliphatic rings. The van der Waals surface area contributed by atoms with Gasteiger partial charge in [-0.2, -0.15) is 0 Å². The van der Waals surface area contributed by atoms with Gasteiger partial charge in [0.15, 0.2) is 0 Å². The van der Waals surface area contributed by atoms with Gasteiger partial charge >= 0.3 is 6.03 Å². The Kier molecular flexibility index (Phi) is 2.69. The molecule has 100 valence electrons. The third-order valence-corrected chi connectivity index (χ3v) is 4.03. The van der Waals surface area contributed by atoms with Crippen LogP contribution in [0.25, 0.3) is 0 Å². The molecule has 0 aliphatic carbocycles. The maximum Gasteiger partial charge on any atom is 0.322 e. The van der Waals surface area contributed by atoms with Crippen molar-refractivity contribution in [2.75, 3.05) is 18.0 Å². The van der Waals surface area contributed by atoms with E-state index in [2.05, 4.69) is 46.7 Å². The molecule has 0 aromatic heterocycles. The molecule has 3 amide bonds. The Morgan fingerprint density at radius 3 is 2.26 bits per heavy atom. The summed E-state index contributed by atoms with van der Waals surface area (Å²) in [7, 11) is 0. The number of nitrogens with one attached hydrogen (secondary N) is 2. The molecule has 1 spiro atoms. The summed E-state index contributed by atoms with van der Waals surface area (Å²) in [4.78, 5) is 25.3. The Bertz CT molecular complexity index is 516. The summed E-state index contributed by atoms with van der Waals surface area (Å²) in [5.74, 6) is -0.180. The highest BCUT2D eigenvalue weighted by atomic mass is 16.2. The second-order valence-corrected chi connectivity index (χ2v) is 5.31. The van der Waals surface area contributed by atoms with E-state index >= 15 is 0 Å². The fraction of sp³-hybridized carbons (Fsp3) is 0.429. The number of nitrogens with zero attached hydrogens (tertiary/aromatic N) is 1. The van der Waals surface area contributed by atoms with Gasteiger partial charge < -0.3 is 10.2 Å². The number of imide groups is 1. The molecule has 2 N–H and O–H groups in total. The number of hydrogen-bond donors (Lipinski definition) is 2. The Balaban J connectivity index is 1.71. The van der Waals surface area contributed by atoms with Crippen molar-refractivity contribution >= 4 is 17.6 Å². The number of piperidine rings is 1. The van der Waals surface area contributed by atoms with Gasteiger partial charge in [-0.15, -0.1) is 0 Å². The van der Waals surface area contributed by atoms with Crippen molar-refractivity contribution in [2.24, 2.45) is 0 Å². The average Bonchev–Trinajstić information content (AvgIpc) is 2.66. The van der Waals surface area contributed by atoms with Crippen molar-refractivity contribution < 1.29 is 9.59 Å². The van der Waals surface area contributed by atoms with Gasteiger partial charge in [0.05, 0.1) is 0 Å². The number of anilines is 1. The Morgan fingerprint density at radius 1 is 1.11 bits per heavy atom. The first-order chi connectivity index (χ1) is 9.09. The topological polar surface area (TPSA) is 61.4 Å². The van der Waals surface area contributed by atoms with E-state index in [-0.39, 0.29) is 11.9 Å². The summed E-state index contributed by atoms with van der Waals surface area (Å²) < 4.78 is 0. The highest BCUT2D eigenvalue weighted by molar-refractivity contribution is 6.07. The van der Waals surface area contributed by atoms with Gasteiger partial charge in [0.25, 0.3) is 5.91 Å². The molecule has 0 radical (unpaired) electrons. The third kappa shape index (κ3) is 2.05. The summed E-state index contributed by atoms with van der Waals surface area (Å²) >= 11 is 0. The molecule has 0 atom stereocenters. The summed E-state index contributed by atoms with van der Waals surface area (Å²) in [6.07, 6.45) is 1.30. The lowest BCUT2D eigenvalue weighted by Crippen LogP contribution is -2.54. The standard InChI is InChI=1S/C14H17N3O2/c1-10-2-4-11(5-3-10)17-8-6-14(7-9-17)12(18)15-13(19)16-14/h2-5H,6-9H2,1H3,(H2,15,16,18,19). The first-order valence-corrected chi connectivity index (χ1v) is 6.54. The van der Waals surface area contributed by atoms with Gasteiger partial charge in [-0.3, -0.25) is 10.1 Å². The lowest BCUT2D eigenvalue weighted by molar-refractivity contribution is -0.124. The molecule has 1 aromatic carbocycles. The highest BCUT2D eigenvalue weighted by Gasteiger charge is 2.47. The number of urea groups is 1. The van der Waals surface area contributed by atoms with Gasteiger partial charge in [-0.1, -0.05) is 17.7 Å². The van der Waals surface area contributed by atoms with E-state index < -0.39 is 5.54 Å². The van der Waals surface area contributed by atoms with Crippen LogP contribution in [-0.4, -0.2) is 30.6 Å². The van der Waals surface area contributed by atoms with Gasteiger partial charge in [0.2, 0.25) is 0 Å². The minimum atomic E-state index is -0.682. The molecule has 5 heteroatoms. The Labute approximate surface area is 112 Å². The SMILES string of the molecule is Cc1ccc(N2CCC3(CC2)NC(=O)NC3=O)cc1. The van der Waals surface area contributed by atoms with Crippen LogP contribution in [0, 0.1) is 6.92 Å². The highest BCUT2D eigenvalue weighted by Crippen LogP contribution is 2.28. The number of amides is 3. The van der Waals surface area contributed by atoms with Crippen LogP contribution in [0.2, 0.25) is 0 Å². The molecule has 0 unspecified atom stereocenters. The zero-order chi connectivity index (χ0) is 13.5. The molecular formula is C14H17N3O2.